The maximum atomic E-state index is 13.2. The minimum absolute atomic E-state index is 0.0628. The highest BCUT2D eigenvalue weighted by Crippen LogP contribution is 2.36. The van der Waals surface area contributed by atoms with Gasteiger partial charge in [0.2, 0.25) is 5.91 Å². The van der Waals surface area contributed by atoms with E-state index in [0.29, 0.717) is 24.2 Å². The highest BCUT2D eigenvalue weighted by Gasteiger charge is 2.37. The van der Waals surface area contributed by atoms with Crippen molar-refractivity contribution in [2.24, 2.45) is 5.92 Å². The molecule has 0 aromatic heterocycles. The van der Waals surface area contributed by atoms with E-state index in [9.17, 15) is 18.0 Å². The minimum atomic E-state index is -4.38. The smallest absolute Gasteiger partial charge is 0.381 e. The number of likely N-dealkylation sites (N-methyl/N-ethyl adjacent to an activating group) is 1. The molecule has 2 N–H and O–H groups in total. The fourth-order valence-corrected chi connectivity index (χ4v) is 5.08. The van der Waals surface area contributed by atoms with E-state index in [0.717, 1.165) is 56.9 Å². The van der Waals surface area contributed by atoms with Crippen LogP contribution < -0.4 is 10.6 Å². The zero-order valence-electron chi connectivity index (χ0n) is 17.3. The zero-order valence-corrected chi connectivity index (χ0v) is 17.3. The average molecular weight is 425 g/mol. The Morgan fingerprint density at radius 2 is 1.90 bits per heavy atom. The second-order valence-corrected chi connectivity index (χ2v) is 8.73. The van der Waals surface area contributed by atoms with Crippen LogP contribution in [0.3, 0.4) is 0 Å². The number of benzene rings is 1. The van der Waals surface area contributed by atoms with Gasteiger partial charge in [0.15, 0.2) is 0 Å². The molecule has 3 atom stereocenters. The molecule has 1 saturated carbocycles. The van der Waals surface area contributed by atoms with E-state index in [-0.39, 0.29) is 24.4 Å². The molecule has 1 saturated heterocycles. The summed E-state index contributed by atoms with van der Waals surface area (Å²) in [6.07, 6.45) is 0.214. The molecule has 1 aromatic carbocycles. The summed E-state index contributed by atoms with van der Waals surface area (Å²) in [5.41, 5.74) is 0.769. The lowest BCUT2D eigenvalue weighted by molar-refractivity contribution is -0.137. The number of rotatable bonds is 4. The van der Waals surface area contributed by atoms with Crippen LogP contribution in [-0.4, -0.2) is 49.7 Å². The molecule has 0 radical (unpaired) electrons. The maximum absolute atomic E-state index is 13.2. The van der Waals surface area contributed by atoms with Crippen LogP contribution in [0.1, 0.15) is 54.8 Å². The van der Waals surface area contributed by atoms with Crippen LogP contribution in [0.25, 0.3) is 0 Å². The Morgan fingerprint density at radius 3 is 2.60 bits per heavy atom. The van der Waals surface area contributed by atoms with Crippen molar-refractivity contribution in [3.05, 3.63) is 34.9 Å². The summed E-state index contributed by atoms with van der Waals surface area (Å²) in [6.45, 7) is 2.30. The second kappa shape index (κ2) is 8.85. The number of alkyl halides is 3. The monoisotopic (exact) mass is 425 g/mol. The lowest BCUT2D eigenvalue weighted by Crippen LogP contribution is -2.45. The number of carbonyl (C=O) groups excluding carboxylic acids is 1. The lowest BCUT2D eigenvalue weighted by Gasteiger charge is -2.36. The standard InChI is InChI=1S/C22H30F3N3O2/c1-26-20-13-28(12-15-10-16(22(23,24)25)3-5-19(15)20)21(29)14-2-4-18(11-14)27-17-6-8-30-9-7-17/h3,5,10,14,17-18,20,26-27H,2,4,6-9,11-13H2,1H3. The van der Waals surface area contributed by atoms with Gasteiger partial charge < -0.3 is 20.3 Å². The van der Waals surface area contributed by atoms with E-state index in [1.807, 2.05) is 0 Å². The van der Waals surface area contributed by atoms with Crippen molar-refractivity contribution in [3.8, 4) is 0 Å². The molecule has 8 heteroatoms. The largest absolute Gasteiger partial charge is 0.416 e. The third-order valence-electron chi connectivity index (χ3n) is 6.74. The van der Waals surface area contributed by atoms with Gasteiger partial charge in [-0.15, -0.1) is 0 Å². The number of hydrogen-bond donors (Lipinski definition) is 2. The van der Waals surface area contributed by atoms with Crippen molar-refractivity contribution < 1.29 is 22.7 Å². The molecule has 4 rings (SSSR count). The molecule has 1 amide bonds. The second-order valence-electron chi connectivity index (χ2n) is 8.73. The van der Waals surface area contributed by atoms with Crippen LogP contribution in [0, 0.1) is 5.92 Å². The van der Waals surface area contributed by atoms with Gasteiger partial charge in [0, 0.05) is 50.3 Å². The predicted molar refractivity (Wildman–Crippen MR) is 107 cm³/mol. The summed E-state index contributed by atoms with van der Waals surface area (Å²) in [4.78, 5) is 15.0. The first-order valence-corrected chi connectivity index (χ1v) is 10.8. The first-order chi connectivity index (χ1) is 14.3. The maximum Gasteiger partial charge on any atom is 0.416 e. The summed E-state index contributed by atoms with van der Waals surface area (Å²) >= 11 is 0. The fourth-order valence-electron chi connectivity index (χ4n) is 5.08. The molecular formula is C22H30F3N3O2. The average Bonchev–Trinajstić information content (AvgIpc) is 3.20. The molecule has 5 nitrogen and oxygen atoms in total. The van der Waals surface area contributed by atoms with Gasteiger partial charge in [-0.1, -0.05) is 6.07 Å². The Bertz CT molecular complexity index is 764. The summed E-state index contributed by atoms with van der Waals surface area (Å²) in [7, 11) is 1.78. The summed E-state index contributed by atoms with van der Waals surface area (Å²) < 4.78 is 44.9. The van der Waals surface area contributed by atoms with Gasteiger partial charge in [0.1, 0.15) is 0 Å². The summed E-state index contributed by atoms with van der Waals surface area (Å²) in [6, 6.07) is 4.50. The molecule has 3 aliphatic rings. The number of hydrogen-bond acceptors (Lipinski definition) is 4. The van der Waals surface area contributed by atoms with Gasteiger partial charge in [-0.2, -0.15) is 13.2 Å². The third-order valence-corrected chi connectivity index (χ3v) is 6.74. The lowest BCUT2D eigenvalue weighted by atomic mass is 9.92. The Balaban J connectivity index is 1.42. The first kappa shape index (κ1) is 21.6. The van der Waals surface area contributed by atoms with Gasteiger partial charge in [-0.3, -0.25) is 4.79 Å². The van der Waals surface area contributed by atoms with Gasteiger partial charge in [0.05, 0.1) is 5.56 Å². The number of carbonyl (C=O) groups is 1. The summed E-state index contributed by atoms with van der Waals surface area (Å²) in [5.74, 6) is 0.00165. The highest BCUT2D eigenvalue weighted by atomic mass is 19.4. The van der Waals surface area contributed by atoms with E-state index in [4.69, 9.17) is 4.74 Å². The minimum Gasteiger partial charge on any atom is -0.381 e. The van der Waals surface area contributed by atoms with Crippen LogP contribution in [0.2, 0.25) is 0 Å². The number of nitrogens with one attached hydrogen (secondary N) is 2. The molecule has 2 heterocycles. The summed E-state index contributed by atoms with van der Waals surface area (Å²) in [5, 5.41) is 6.83. The van der Waals surface area contributed by atoms with Crippen LogP contribution in [0.5, 0.6) is 0 Å². The van der Waals surface area contributed by atoms with Crippen molar-refractivity contribution in [2.75, 3.05) is 26.8 Å². The van der Waals surface area contributed by atoms with Crippen molar-refractivity contribution in [2.45, 2.75) is 63.0 Å². The molecule has 0 bridgehead atoms. The Labute approximate surface area is 175 Å². The highest BCUT2D eigenvalue weighted by molar-refractivity contribution is 5.79. The quantitative estimate of drug-likeness (QED) is 0.778. The molecule has 2 fully saturated rings. The van der Waals surface area contributed by atoms with E-state index < -0.39 is 11.7 Å². The zero-order chi connectivity index (χ0) is 21.3. The number of fused-ring (bicyclic) bond motifs is 1. The first-order valence-electron chi connectivity index (χ1n) is 10.8. The molecular weight excluding hydrogens is 395 g/mol. The van der Waals surface area contributed by atoms with Crippen LogP contribution >= 0.6 is 0 Å². The Kier molecular flexibility index (Phi) is 6.36. The molecule has 30 heavy (non-hydrogen) atoms. The van der Waals surface area contributed by atoms with Crippen molar-refractivity contribution >= 4 is 5.91 Å². The molecule has 0 spiro atoms. The van der Waals surface area contributed by atoms with Crippen LogP contribution in [0.4, 0.5) is 13.2 Å². The molecule has 3 unspecified atom stereocenters. The van der Waals surface area contributed by atoms with Gasteiger partial charge in [0.25, 0.3) is 0 Å². The van der Waals surface area contributed by atoms with Gasteiger partial charge >= 0.3 is 6.18 Å². The van der Waals surface area contributed by atoms with Crippen LogP contribution in [-0.2, 0) is 22.3 Å². The Morgan fingerprint density at radius 1 is 1.13 bits per heavy atom. The predicted octanol–water partition coefficient (Wildman–Crippen LogP) is 3.25. The van der Waals surface area contributed by atoms with Crippen molar-refractivity contribution in [1.82, 2.24) is 15.5 Å². The molecule has 1 aromatic rings. The van der Waals surface area contributed by atoms with Crippen molar-refractivity contribution in [1.29, 1.82) is 0 Å². The topological polar surface area (TPSA) is 53.6 Å². The number of ether oxygens (including phenoxy) is 1. The SMILES string of the molecule is CNC1CN(C(=O)C2CCC(NC3CCOCC3)C2)Cc2cc(C(F)(F)F)ccc21. The number of amides is 1. The molecule has 2 aliphatic heterocycles. The van der Waals surface area contributed by atoms with Gasteiger partial charge in [-0.05, 0) is 62.4 Å². The van der Waals surface area contributed by atoms with Crippen molar-refractivity contribution in [3.63, 3.8) is 0 Å². The van der Waals surface area contributed by atoms with E-state index in [1.54, 1.807) is 18.0 Å². The Hall–Kier alpha value is -1.64. The molecule has 1 aliphatic carbocycles. The molecule has 166 valence electrons. The van der Waals surface area contributed by atoms with Gasteiger partial charge in [-0.25, -0.2) is 0 Å². The number of nitrogens with zero attached hydrogens (tertiary/aromatic N) is 1. The third kappa shape index (κ3) is 4.65. The normalized spacial score (nSPS) is 27.9. The number of halogens is 3. The van der Waals surface area contributed by atoms with E-state index in [1.165, 1.54) is 6.07 Å². The fraction of sp³-hybridized carbons (Fsp3) is 0.682. The van der Waals surface area contributed by atoms with E-state index >= 15 is 0 Å². The van der Waals surface area contributed by atoms with Crippen LogP contribution in [0.15, 0.2) is 18.2 Å². The van der Waals surface area contributed by atoms with E-state index in [2.05, 4.69) is 10.6 Å².